The molecule has 1 fully saturated rings. The standard InChI is InChI=1S/C42H45N3O5/c1-28-38(26-45(3)29(2)39(47)32-10-5-4-6-11-32)49-42(50-40(28)33-17-15-30(27-46)16-18-33)34-21-19-31(20-22-34)37-14-8-7-12-35(37)25-44-41(48)36-13-9-23-43-24-36/h4-24,28-29,38-40,42,46-47H,25-27H2,1-3H3,(H,44,48)/t28-,29-,38+,39-,40+,42+/m1/s1. The Labute approximate surface area is 294 Å². The van der Waals surface area contributed by atoms with Crippen molar-refractivity contribution in [3.8, 4) is 11.1 Å². The van der Waals surface area contributed by atoms with Crippen molar-refractivity contribution in [2.75, 3.05) is 13.6 Å². The number of aliphatic hydroxyl groups is 2. The number of likely N-dealkylation sites (N-methyl/N-ethyl adjacent to an activating group) is 1. The Balaban J connectivity index is 1.21. The van der Waals surface area contributed by atoms with Crippen LogP contribution in [0.15, 0.2) is 128 Å². The Kier molecular flexibility index (Phi) is 11.5. The molecule has 1 aromatic heterocycles. The van der Waals surface area contributed by atoms with Gasteiger partial charge in [0.2, 0.25) is 0 Å². The number of nitrogens with zero attached hydrogens (tertiary/aromatic N) is 2. The van der Waals surface area contributed by atoms with Crippen LogP contribution >= 0.6 is 0 Å². The van der Waals surface area contributed by atoms with E-state index in [9.17, 15) is 15.0 Å². The maximum atomic E-state index is 12.7. The number of aliphatic hydroxyl groups excluding tert-OH is 2. The number of benzene rings is 4. The lowest BCUT2D eigenvalue weighted by Crippen LogP contribution is -2.46. The van der Waals surface area contributed by atoms with Gasteiger partial charge in [-0.25, -0.2) is 0 Å². The first-order valence-corrected chi connectivity index (χ1v) is 17.1. The number of rotatable bonds is 12. The second kappa shape index (κ2) is 16.3. The molecule has 1 amide bonds. The number of carbonyl (C=O) groups excluding carboxylic acids is 1. The predicted molar refractivity (Wildman–Crippen MR) is 194 cm³/mol. The molecule has 0 saturated carbocycles. The third kappa shape index (κ3) is 8.18. The summed E-state index contributed by atoms with van der Waals surface area (Å²) in [5.41, 5.74) is 7.19. The molecular formula is C42H45N3O5. The Bertz CT molecular complexity index is 1820. The van der Waals surface area contributed by atoms with E-state index in [-0.39, 0.29) is 36.7 Å². The molecule has 8 nitrogen and oxygen atoms in total. The number of ether oxygens (including phenoxy) is 2. The van der Waals surface area contributed by atoms with Crippen LogP contribution in [0.1, 0.15) is 70.5 Å². The van der Waals surface area contributed by atoms with Crippen LogP contribution in [0.5, 0.6) is 0 Å². The minimum Gasteiger partial charge on any atom is -0.392 e. The normalized spacial score (nSPS) is 20.3. The number of hydrogen-bond donors (Lipinski definition) is 3. The van der Waals surface area contributed by atoms with Gasteiger partial charge in [0, 0.05) is 43.0 Å². The quantitative estimate of drug-likeness (QED) is 0.131. The highest BCUT2D eigenvalue weighted by atomic mass is 16.7. The van der Waals surface area contributed by atoms with E-state index < -0.39 is 12.4 Å². The molecule has 4 aromatic carbocycles. The van der Waals surface area contributed by atoms with Gasteiger partial charge >= 0.3 is 0 Å². The van der Waals surface area contributed by atoms with Crippen LogP contribution < -0.4 is 5.32 Å². The van der Waals surface area contributed by atoms with E-state index in [1.807, 2.05) is 98.9 Å². The van der Waals surface area contributed by atoms with Crippen LogP contribution in [0.25, 0.3) is 11.1 Å². The molecule has 1 saturated heterocycles. The van der Waals surface area contributed by atoms with Crippen molar-refractivity contribution in [1.29, 1.82) is 0 Å². The fraction of sp³-hybridized carbons (Fsp3) is 0.286. The summed E-state index contributed by atoms with van der Waals surface area (Å²) >= 11 is 0. The Hall–Kier alpha value is -4.70. The highest BCUT2D eigenvalue weighted by Crippen LogP contribution is 2.42. The van der Waals surface area contributed by atoms with Crippen molar-refractivity contribution >= 4 is 5.91 Å². The highest BCUT2D eigenvalue weighted by molar-refractivity contribution is 5.93. The smallest absolute Gasteiger partial charge is 0.253 e. The van der Waals surface area contributed by atoms with Gasteiger partial charge in [0.1, 0.15) is 0 Å². The first-order valence-electron chi connectivity index (χ1n) is 17.1. The van der Waals surface area contributed by atoms with Crippen LogP contribution in [-0.4, -0.2) is 51.7 Å². The Morgan fingerprint density at radius 2 is 1.58 bits per heavy atom. The van der Waals surface area contributed by atoms with Gasteiger partial charge < -0.3 is 25.0 Å². The molecule has 2 heterocycles. The van der Waals surface area contributed by atoms with Crippen LogP contribution in [0, 0.1) is 5.92 Å². The van der Waals surface area contributed by atoms with Gasteiger partial charge in [-0.3, -0.25) is 14.7 Å². The summed E-state index contributed by atoms with van der Waals surface area (Å²) in [6, 6.07) is 37.2. The van der Waals surface area contributed by atoms with Crippen LogP contribution in [-0.2, 0) is 22.6 Å². The van der Waals surface area contributed by atoms with E-state index >= 15 is 0 Å². The van der Waals surface area contributed by atoms with Crippen molar-refractivity contribution in [2.45, 2.75) is 57.6 Å². The monoisotopic (exact) mass is 671 g/mol. The Morgan fingerprint density at radius 1 is 0.880 bits per heavy atom. The number of aromatic nitrogens is 1. The number of hydrogen-bond acceptors (Lipinski definition) is 7. The van der Waals surface area contributed by atoms with E-state index in [0.29, 0.717) is 18.7 Å². The molecule has 5 aromatic rings. The van der Waals surface area contributed by atoms with Gasteiger partial charge in [-0.05, 0) is 59.5 Å². The lowest BCUT2D eigenvalue weighted by Gasteiger charge is -2.43. The molecule has 8 heteroatoms. The second-order valence-corrected chi connectivity index (χ2v) is 13.1. The molecule has 0 radical (unpaired) electrons. The van der Waals surface area contributed by atoms with Crippen molar-refractivity contribution in [3.63, 3.8) is 0 Å². The van der Waals surface area contributed by atoms with Gasteiger partial charge in [-0.2, -0.15) is 0 Å². The van der Waals surface area contributed by atoms with E-state index in [0.717, 1.165) is 38.9 Å². The lowest BCUT2D eigenvalue weighted by molar-refractivity contribution is -0.276. The zero-order chi connectivity index (χ0) is 35.0. The first kappa shape index (κ1) is 35.1. The fourth-order valence-electron chi connectivity index (χ4n) is 6.50. The fourth-order valence-corrected chi connectivity index (χ4v) is 6.50. The second-order valence-electron chi connectivity index (χ2n) is 13.1. The molecule has 0 unspecified atom stereocenters. The van der Waals surface area contributed by atoms with Crippen molar-refractivity contribution in [3.05, 3.63) is 161 Å². The summed E-state index contributed by atoms with van der Waals surface area (Å²) < 4.78 is 13.4. The molecule has 0 aliphatic carbocycles. The van der Waals surface area contributed by atoms with Gasteiger partial charge in [-0.1, -0.05) is 110 Å². The van der Waals surface area contributed by atoms with Crippen molar-refractivity contribution in [2.24, 2.45) is 5.92 Å². The molecule has 6 atom stereocenters. The van der Waals surface area contributed by atoms with Crippen LogP contribution in [0.4, 0.5) is 0 Å². The van der Waals surface area contributed by atoms with Crippen LogP contribution in [0.2, 0.25) is 0 Å². The summed E-state index contributed by atoms with van der Waals surface area (Å²) in [5, 5.41) is 23.8. The van der Waals surface area contributed by atoms with Gasteiger partial charge in [0.15, 0.2) is 6.29 Å². The third-order valence-electron chi connectivity index (χ3n) is 9.76. The van der Waals surface area contributed by atoms with Gasteiger partial charge in [0.25, 0.3) is 5.91 Å². The summed E-state index contributed by atoms with van der Waals surface area (Å²) in [5.74, 6) is -0.170. The van der Waals surface area contributed by atoms with Crippen LogP contribution in [0.3, 0.4) is 0 Å². The molecule has 258 valence electrons. The zero-order valence-electron chi connectivity index (χ0n) is 28.7. The van der Waals surface area contributed by atoms with E-state index in [4.69, 9.17) is 9.47 Å². The maximum Gasteiger partial charge on any atom is 0.253 e. The van der Waals surface area contributed by atoms with Crippen molar-refractivity contribution in [1.82, 2.24) is 15.2 Å². The highest BCUT2D eigenvalue weighted by Gasteiger charge is 2.39. The topological polar surface area (TPSA) is 104 Å². The average molecular weight is 672 g/mol. The Morgan fingerprint density at radius 3 is 2.28 bits per heavy atom. The van der Waals surface area contributed by atoms with E-state index in [2.05, 4.69) is 40.3 Å². The molecule has 6 rings (SSSR count). The molecule has 1 aliphatic heterocycles. The lowest BCUT2D eigenvalue weighted by atomic mass is 9.89. The number of carbonyl (C=O) groups is 1. The SMILES string of the molecule is C[C@@H]1[C@H](CN(C)[C@H](C)[C@@H](O)c2ccccc2)O[C@H](c2ccc(-c3ccccc3CNC(=O)c3cccnc3)cc2)O[C@@H]1c1ccc(CO)cc1. The predicted octanol–water partition coefficient (Wildman–Crippen LogP) is 7.02. The number of nitrogens with one attached hydrogen (secondary N) is 1. The molecule has 0 bridgehead atoms. The minimum absolute atomic E-state index is 0.00257. The molecule has 3 N–H and O–H groups in total. The summed E-state index contributed by atoms with van der Waals surface area (Å²) in [7, 11) is 2.02. The third-order valence-corrected chi connectivity index (χ3v) is 9.76. The largest absolute Gasteiger partial charge is 0.392 e. The summed E-state index contributed by atoms with van der Waals surface area (Å²) in [6.45, 7) is 5.12. The summed E-state index contributed by atoms with van der Waals surface area (Å²) in [4.78, 5) is 18.9. The first-order chi connectivity index (χ1) is 24.3. The van der Waals surface area contributed by atoms with E-state index in [1.165, 1.54) is 0 Å². The maximum absolute atomic E-state index is 12.7. The molecular weight excluding hydrogens is 626 g/mol. The molecule has 0 spiro atoms. The minimum atomic E-state index is -0.645. The van der Waals surface area contributed by atoms with Crippen molar-refractivity contribution < 1.29 is 24.5 Å². The number of pyridine rings is 1. The van der Waals surface area contributed by atoms with E-state index in [1.54, 1.807) is 24.5 Å². The van der Waals surface area contributed by atoms with Gasteiger partial charge in [-0.15, -0.1) is 0 Å². The van der Waals surface area contributed by atoms with Gasteiger partial charge in [0.05, 0.1) is 30.5 Å². The number of amides is 1. The average Bonchev–Trinajstić information content (AvgIpc) is 3.18. The molecule has 1 aliphatic rings. The molecule has 50 heavy (non-hydrogen) atoms. The summed E-state index contributed by atoms with van der Waals surface area (Å²) in [6.07, 6.45) is 1.49. The zero-order valence-corrected chi connectivity index (χ0v) is 28.7.